The summed E-state index contributed by atoms with van der Waals surface area (Å²) in [5.74, 6) is -0.735. The molecule has 1 aromatic rings. The van der Waals surface area contributed by atoms with E-state index in [1.54, 1.807) is 28.0 Å². The predicted octanol–water partition coefficient (Wildman–Crippen LogP) is 1.91. The van der Waals surface area contributed by atoms with E-state index in [0.29, 0.717) is 76.3 Å². The number of unbranched alkanes of at least 4 members (excludes halogenated alkanes) is 1. The Kier molecular flexibility index (Phi) is 10.1. The molecule has 4 rings (SSSR count). The van der Waals surface area contributed by atoms with Crippen LogP contribution in [0.3, 0.4) is 0 Å². The van der Waals surface area contributed by atoms with Crippen LogP contribution in [0, 0.1) is 5.92 Å². The molecule has 0 saturated carbocycles. The number of piperazine rings is 2. The maximum absolute atomic E-state index is 12.5. The maximum Gasteiger partial charge on any atom is 0.409 e. The number of amides is 4. The van der Waals surface area contributed by atoms with E-state index < -0.39 is 5.91 Å². The van der Waals surface area contributed by atoms with Gasteiger partial charge in [0.25, 0.3) is 0 Å². The number of hydrogen-bond donors (Lipinski definition) is 2. The van der Waals surface area contributed by atoms with Crippen LogP contribution < -0.4 is 16.4 Å². The van der Waals surface area contributed by atoms with Crippen molar-refractivity contribution in [3.63, 3.8) is 0 Å². The van der Waals surface area contributed by atoms with E-state index in [9.17, 15) is 19.2 Å². The minimum Gasteiger partial charge on any atom is -0.449 e. The minimum atomic E-state index is -0.468. The lowest BCUT2D eigenvalue weighted by Crippen LogP contribution is -2.49. The largest absolute Gasteiger partial charge is 0.449 e. The summed E-state index contributed by atoms with van der Waals surface area (Å²) in [5, 5.41) is 0. The topological polar surface area (TPSA) is 152 Å². The van der Waals surface area contributed by atoms with Crippen LogP contribution in [0.4, 0.5) is 15.3 Å². The molecule has 0 radical (unpaired) electrons. The Morgan fingerprint density at radius 2 is 1.37 bits per heavy atom. The first-order valence-electron chi connectivity index (χ1n) is 14.2. The van der Waals surface area contributed by atoms with E-state index in [1.165, 1.54) is 0 Å². The van der Waals surface area contributed by atoms with E-state index in [-0.39, 0.29) is 37.2 Å². The molecule has 1 aliphatic carbocycles. The molecule has 2 heterocycles. The number of allylic oxidation sites excluding steroid dienone is 2. The number of carbonyl (C=O) groups excluding carboxylic acids is 4. The van der Waals surface area contributed by atoms with E-state index in [1.807, 2.05) is 19.1 Å². The van der Waals surface area contributed by atoms with Gasteiger partial charge in [0.1, 0.15) is 0 Å². The Labute approximate surface area is 240 Å². The lowest BCUT2D eigenvalue weighted by Gasteiger charge is -2.37. The quantitative estimate of drug-likeness (QED) is 0.429. The highest BCUT2D eigenvalue weighted by Gasteiger charge is 2.26. The van der Waals surface area contributed by atoms with Crippen molar-refractivity contribution in [2.45, 2.75) is 26.2 Å². The van der Waals surface area contributed by atoms with Gasteiger partial charge >= 0.3 is 12.2 Å². The highest BCUT2D eigenvalue weighted by molar-refractivity contribution is 5.94. The number of hydrogen-bond acceptors (Lipinski definition) is 8. The van der Waals surface area contributed by atoms with Crippen LogP contribution in [-0.4, -0.2) is 104 Å². The van der Waals surface area contributed by atoms with Crippen molar-refractivity contribution in [3.8, 4) is 0 Å². The molecule has 0 aromatic heterocycles. The van der Waals surface area contributed by atoms with Gasteiger partial charge in [0.15, 0.2) is 0 Å². The zero-order chi connectivity index (χ0) is 29.4. The molecule has 2 fully saturated rings. The van der Waals surface area contributed by atoms with Gasteiger partial charge in [-0.2, -0.15) is 0 Å². The summed E-state index contributed by atoms with van der Waals surface area (Å²) in [6.07, 6.45) is 5.23. The number of carbonyl (C=O) groups is 4. The Hall–Kier alpha value is -4.22. The highest BCUT2D eigenvalue weighted by atomic mass is 16.6. The second-order valence-electron chi connectivity index (χ2n) is 10.5. The van der Waals surface area contributed by atoms with E-state index in [4.69, 9.17) is 20.9 Å². The predicted molar refractivity (Wildman–Crippen MR) is 153 cm³/mol. The van der Waals surface area contributed by atoms with Gasteiger partial charge < -0.3 is 40.5 Å². The van der Waals surface area contributed by atoms with Crippen LogP contribution in [0.15, 0.2) is 47.7 Å². The smallest absolute Gasteiger partial charge is 0.409 e. The third kappa shape index (κ3) is 7.92. The molecule has 0 bridgehead atoms. The summed E-state index contributed by atoms with van der Waals surface area (Å²) in [6, 6.07) is 7.16. The van der Waals surface area contributed by atoms with Gasteiger partial charge in [-0.1, -0.05) is 19.1 Å². The molecule has 2 saturated heterocycles. The zero-order valence-electron chi connectivity index (χ0n) is 23.6. The average molecular weight is 569 g/mol. The lowest BCUT2D eigenvalue weighted by atomic mass is 9.91. The van der Waals surface area contributed by atoms with Crippen LogP contribution in [0.25, 0.3) is 0 Å². The summed E-state index contributed by atoms with van der Waals surface area (Å²) in [4.78, 5) is 55.7. The van der Waals surface area contributed by atoms with Crippen molar-refractivity contribution in [1.29, 1.82) is 0 Å². The van der Waals surface area contributed by atoms with Gasteiger partial charge in [0.05, 0.1) is 13.2 Å². The van der Waals surface area contributed by atoms with Gasteiger partial charge in [0.2, 0.25) is 11.8 Å². The molecule has 1 aromatic carbocycles. The monoisotopic (exact) mass is 568 g/mol. The number of benzene rings is 1. The summed E-state index contributed by atoms with van der Waals surface area (Å²) in [7, 11) is 0. The first-order valence-corrected chi connectivity index (χ1v) is 14.2. The molecular formula is C29H40N6O6. The Morgan fingerprint density at radius 1 is 0.805 bits per heavy atom. The lowest BCUT2D eigenvalue weighted by molar-refractivity contribution is -0.115. The average Bonchev–Trinajstić information content (AvgIpc) is 2.99. The van der Waals surface area contributed by atoms with Crippen LogP contribution in [0.1, 0.15) is 36.5 Å². The van der Waals surface area contributed by atoms with E-state index in [2.05, 4.69) is 15.9 Å². The maximum atomic E-state index is 12.5. The second-order valence-corrected chi connectivity index (χ2v) is 10.5. The van der Waals surface area contributed by atoms with Crippen LogP contribution >= 0.6 is 0 Å². The molecule has 4 N–H and O–H groups in total. The summed E-state index contributed by atoms with van der Waals surface area (Å²) >= 11 is 0. The molecule has 12 nitrogen and oxygen atoms in total. The number of ether oxygens (including phenoxy) is 2. The van der Waals surface area contributed by atoms with Gasteiger partial charge in [-0.05, 0) is 49.5 Å². The molecule has 2 aliphatic heterocycles. The minimum absolute atomic E-state index is 0.118. The number of nitrogens with two attached hydrogens (primary N) is 2. The summed E-state index contributed by atoms with van der Waals surface area (Å²) < 4.78 is 10.8. The first-order chi connectivity index (χ1) is 19.7. The van der Waals surface area contributed by atoms with E-state index in [0.717, 1.165) is 17.8 Å². The fourth-order valence-electron chi connectivity index (χ4n) is 5.18. The third-order valence-corrected chi connectivity index (χ3v) is 7.73. The Morgan fingerprint density at radius 3 is 1.90 bits per heavy atom. The van der Waals surface area contributed by atoms with Gasteiger partial charge in [-0.3, -0.25) is 9.59 Å². The van der Waals surface area contributed by atoms with Crippen molar-refractivity contribution in [3.05, 3.63) is 53.3 Å². The molecule has 3 aliphatic rings. The fourth-order valence-corrected chi connectivity index (χ4v) is 5.18. The van der Waals surface area contributed by atoms with Gasteiger partial charge in [0, 0.05) is 74.9 Å². The third-order valence-electron chi connectivity index (χ3n) is 7.73. The molecule has 12 heteroatoms. The molecule has 0 spiro atoms. The zero-order valence-corrected chi connectivity index (χ0v) is 23.6. The standard InChI is InChI=1S/C29H40N6O6/c1-21-7-8-24(20-25(21)27(31)37)33-11-15-35(16-12-33)29(39)41-18-3-2-17-40-28(38)34-13-9-32(10-14-34)23-6-4-5-22(19-23)26(30)36/h4-6,8,19-21H,2-3,7,9-18H2,1H3,(H2,30,36)(H2,31,37). The first kappa shape index (κ1) is 29.8. The fraction of sp³-hybridized carbons (Fsp3) is 0.517. The van der Waals surface area contributed by atoms with Crippen LogP contribution in [0.5, 0.6) is 0 Å². The molecule has 41 heavy (non-hydrogen) atoms. The Bertz CT molecular complexity index is 1180. The molecule has 4 amide bonds. The number of primary amides is 2. The van der Waals surface area contributed by atoms with Crippen molar-refractivity contribution in [2.24, 2.45) is 17.4 Å². The summed E-state index contributed by atoms with van der Waals surface area (Å²) in [6.45, 7) is 7.17. The van der Waals surface area contributed by atoms with Crippen LogP contribution in [-0.2, 0) is 14.3 Å². The SMILES string of the molecule is CC1CC=C(N2CCN(C(=O)OCCCCOC(=O)N3CCN(c4cccc(C(N)=O)c4)CC3)CC2)C=C1C(N)=O. The number of anilines is 1. The molecule has 1 unspecified atom stereocenters. The van der Waals surface area contributed by atoms with E-state index >= 15 is 0 Å². The highest BCUT2D eigenvalue weighted by Crippen LogP contribution is 2.26. The number of rotatable bonds is 9. The molecule has 1 atom stereocenters. The normalized spacial score (nSPS) is 19.3. The van der Waals surface area contributed by atoms with Crippen LogP contribution in [0.2, 0.25) is 0 Å². The second kappa shape index (κ2) is 13.9. The van der Waals surface area contributed by atoms with Gasteiger partial charge in [-0.15, -0.1) is 0 Å². The molecule has 222 valence electrons. The van der Waals surface area contributed by atoms with Gasteiger partial charge in [-0.25, -0.2) is 9.59 Å². The van der Waals surface area contributed by atoms with Crippen molar-refractivity contribution < 1.29 is 28.7 Å². The van der Waals surface area contributed by atoms with Crippen molar-refractivity contribution >= 4 is 29.7 Å². The Balaban J connectivity index is 1.07. The summed E-state index contributed by atoms with van der Waals surface area (Å²) in [5.41, 5.74) is 13.9. The molecular weight excluding hydrogens is 528 g/mol. The number of nitrogens with zero attached hydrogens (tertiary/aromatic N) is 4. The van der Waals surface area contributed by atoms with Crippen molar-refractivity contribution in [1.82, 2.24) is 14.7 Å². The van der Waals surface area contributed by atoms with Crippen molar-refractivity contribution in [2.75, 3.05) is 70.5 Å².